The Balaban J connectivity index is 1.63. The van der Waals surface area contributed by atoms with Crippen molar-refractivity contribution < 1.29 is 9.59 Å². The number of hydrogen-bond acceptors (Lipinski definition) is 5. The van der Waals surface area contributed by atoms with Crippen LogP contribution in [0.3, 0.4) is 0 Å². The highest BCUT2D eigenvalue weighted by Gasteiger charge is 2.31. The van der Waals surface area contributed by atoms with Gasteiger partial charge in [-0.2, -0.15) is 0 Å². The van der Waals surface area contributed by atoms with Crippen molar-refractivity contribution in [3.05, 3.63) is 53.9 Å². The first-order valence-corrected chi connectivity index (χ1v) is 9.64. The summed E-state index contributed by atoms with van der Waals surface area (Å²) in [4.78, 5) is 38.1. The summed E-state index contributed by atoms with van der Waals surface area (Å²) >= 11 is 0. The highest BCUT2D eigenvalue weighted by atomic mass is 16.2. The van der Waals surface area contributed by atoms with E-state index in [2.05, 4.69) is 20.2 Å². The van der Waals surface area contributed by atoms with E-state index in [1.54, 1.807) is 24.5 Å². The van der Waals surface area contributed by atoms with Crippen molar-refractivity contribution in [2.75, 3.05) is 31.1 Å². The fourth-order valence-electron chi connectivity index (χ4n) is 3.30. The Bertz CT molecular complexity index is 817. The van der Waals surface area contributed by atoms with Crippen LogP contribution in [0.1, 0.15) is 29.8 Å². The van der Waals surface area contributed by atoms with Crippen LogP contribution in [-0.2, 0) is 4.79 Å². The molecule has 7 heteroatoms. The summed E-state index contributed by atoms with van der Waals surface area (Å²) in [6.07, 6.45) is 3.44. The lowest BCUT2D eigenvalue weighted by molar-refractivity contribution is -0.134. The Morgan fingerprint density at radius 3 is 2.32 bits per heavy atom. The van der Waals surface area contributed by atoms with Gasteiger partial charge in [0.1, 0.15) is 6.04 Å². The Hall–Kier alpha value is -2.96. The summed E-state index contributed by atoms with van der Waals surface area (Å²) in [6, 6.07) is 8.62. The first-order valence-electron chi connectivity index (χ1n) is 9.64. The molecular weight excluding hydrogens is 354 g/mol. The molecule has 1 aromatic heterocycles. The van der Waals surface area contributed by atoms with E-state index in [0.717, 1.165) is 5.56 Å². The van der Waals surface area contributed by atoms with Crippen LogP contribution in [-0.4, -0.2) is 58.9 Å². The lowest BCUT2D eigenvalue weighted by atomic mass is 10.0. The molecule has 7 nitrogen and oxygen atoms in total. The number of hydrogen-bond donors (Lipinski definition) is 1. The molecule has 0 saturated carbocycles. The first kappa shape index (κ1) is 19.8. The van der Waals surface area contributed by atoms with Crippen LogP contribution in [0.15, 0.2) is 42.7 Å². The third kappa shape index (κ3) is 4.65. The van der Waals surface area contributed by atoms with Gasteiger partial charge in [-0.3, -0.25) is 9.59 Å². The summed E-state index contributed by atoms with van der Waals surface area (Å²) in [7, 11) is 0. The molecule has 1 aromatic carbocycles. The van der Waals surface area contributed by atoms with Gasteiger partial charge in [0.05, 0.1) is 0 Å². The van der Waals surface area contributed by atoms with Gasteiger partial charge in [-0.15, -0.1) is 0 Å². The molecule has 2 amide bonds. The summed E-state index contributed by atoms with van der Waals surface area (Å²) in [5, 5.41) is 2.93. The third-order valence-electron chi connectivity index (χ3n) is 4.93. The lowest BCUT2D eigenvalue weighted by Crippen LogP contribution is -2.56. The predicted molar refractivity (Wildman–Crippen MR) is 108 cm³/mol. The minimum absolute atomic E-state index is 0.00301. The molecule has 2 heterocycles. The van der Waals surface area contributed by atoms with E-state index in [0.29, 0.717) is 37.7 Å². The average Bonchev–Trinajstić information content (AvgIpc) is 2.72. The summed E-state index contributed by atoms with van der Waals surface area (Å²) in [6.45, 7) is 8.36. The summed E-state index contributed by atoms with van der Waals surface area (Å²) in [5.41, 5.74) is 1.59. The second-order valence-corrected chi connectivity index (χ2v) is 7.43. The largest absolute Gasteiger partial charge is 0.340 e. The predicted octanol–water partition coefficient (Wildman–Crippen LogP) is 1.89. The number of aromatic nitrogens is 2. The average molecular weight is 381 g/mol. The van der Waals surface area contributed by atoms with E-state index < -0.39 is 6.04 Å². The van der Waals surface area contributed by atoms with Crippen LogP contribution < -0.4 is 10.2 Å². The molecule has 0 spiro atoms. The number of anilines is 1. The molecule has 0 aliphatic carbocycles. The Labute approximate surface area is 165 Å². The van der Waals surface area contributed by atoms with Crippen LogP contribution in [0, 0.1) is 12.8 Å². The van der Waals surface area contributed by atoms with Gasteiger partial charge >= 0.3 is 0 Å². The molecule has 1 aliphatic heterocycles. The van der Waals surface area contributed by atoms with Gasteiger partial charge in [-0.25, -0.2) is 9.97 Å². The highest BCUT2D eigenvalue weighted by molar-refractivity contribution is 5.97. The number of benzene rings is 1. The molecule has 1 atom stereocenters. The van der Waals surface area contributed by atoms with Gasteiger partial charge in [0.2, 0.25) is 11.9 Å². The smallest absolute Gasteiger partial charge is 0.251 e. The Morgan fingerprint density at radius 1 is 1.04 bits per heavy atom. The van der Waals surface area contributed by atoms with E-state index in [1.807, 2.05) is 43.9 Å². The number of amides is 2. The molecule has 148 valence electrons. The molecule has 0 unspecified atom stereocenters. The van der Waals surface area contributed by atoms with Crippen LogP contribution in [0.5, 0.6) is 0 Å². The van der Waals surface area contributed by atoms with E-state index in [1.165, 1.54) is 0 Å². The van der Waals surface area contributed by atoms with Crippen molar-refractivity contribution in [1.82, 2.24) is 20.2 Å². The van der Waals surface area contributed by atoms with Crippen molar-refractivity contribution >= 4 is 17.8 Å². The maximum Gasteiger partial charge on any atom is 0.251 e. The fourth-order valence-corrected chi connectivity index (χ4v) is 3.30. The van der Waals surface area contributed by atoms with Gasteiger partial charge in [0, 0.05) is 44.1 Å². The number of nitrogens with one attached hydrogen (secondary N) is 1. The maximum absolute atomic E-state index is 13.1. The monoisotopic (exact) mass is 381 g/mol. The van der Waals surface area contributed by atoms with Crippen LogP contribution in [0.25, 0.3) is 0 Å². The Kier molecular flexibility index (Phi) is 6.23. The summed E-state index contributed by atoms with van der Waals surface area (Å²) in [5.74, 6) is 0.427. The number of carbonyl (C=O) groups excluding carboxylic acids is 2. The number of nitrogens with zero attached hydrogens (tertiary/aromatic N) is 4. The second-order valence-electron chi connectivity index (χ2n) is 7.43. The quantitative estimate of drug-likeness (QED) is 0.856. The first-order chi connectivity index (χ1) is 13.5. The number of aryl methyl sites for hydroxylation is 1. The zero-order valence-corrected chi connectivity index (χ0v) is 16.6. The maximum atomic E-state index is 13.1. The van der Waals surface area contributed by atoms with E-state index in [9.17, 15) is 9.59 Å². The van der Waals surface area contributed by atoms with Gasteiger partial charge in [-0.05, 0) is 31.0 Å². The molecule has 0 bridgehead atoms. The van der Waals surface area contributed by atoms with E-state index in [-0.39, 0.29) is 17.7 Å². The zero-order valence-electron chi connectivity index (χ0n) is 16.6. The van der Waals surface area contributed by atoms with E-state index in [4.69, 9.17) is 0 Å². The molecule has 1 saturated heterocycles. The van der Waals surface area contributed by atoms with Gasteiger partial charge in [0.15, 0.2) is 0 Å². The molecule has 3 rings (SSSR count). The topological polar surface area (TPSA) is 78.4 Å². The zero-order chi connectivity index (χ0) is 20.1. The van der Waals surface area contributed by atoms with Crippen molar-refractivity contribution in [1.29, 1.82) is 0 Å². The SMILES string of the molecule is Cc1cccc(C(=O)N[C@H](C(=O)N2CCN(c3ncccn3)CC2)C(C)C)c1. The van der Waals surface area contributed by atoms with Gasteiger partial charge in [-0.1, -0.05) is 31.5 Å². The Morgan fingerprint density at radius 2 is 1.71 bits per heavy atom. The standard InChI is InChI=1S/C21H27N5O2/c1-15(2)18(24-19(27)17-7-4-6-16(3)14-17)20(28)25-10-12-26(13-11-25)21-22-8-5-9-23-21/h4-9,14-15,18H,10-13H2,1-3H3,(H,24,27)/t18-/m0/s1. The number of piperazine rings is 1. The van der Waals surface area contributed by atoms with Crippen molar-refractivity contribution in [2.45, 2.75) is 26.8 Å². The number of carbonyl (C=O) groups is 2. The minimum atomic E-state index is -0.549. The van der Waals surface area contributed by atoms with Crippen LogP contribution in [0.4, 0.5) is 5.95 Å². The highest BCUT2D eigenvalue weighted by Crippen LogP contribution is 2.14. The number of rotatable bonds is 5. The lowest BCUT2D eigenvalue weighted by Gasteiger charge is -2.37. The van der Waals surface area contributed by atoms with Gasteiger partial charge in [0.25, 0.3) is 5.91 Å². The van der Waals surface area contributed by atoms with Gasteiger partial charge < -0.3 is 15.1 Å². The summed E-state index contributed by atoms with van der Waals surface area (Å²) < 4.78 is 0. The molecule has 28 heavy (non-hydrogen) atoms. The normalized spacial score (nSPS) is 15.4. The molecule has 1 N–H and O–H groups in total. The second kappa shape index (κ2) is 8.82. The molecule has 1 fully saturated rings. The van der Waals surface area contributed by atoms with Crippen LogP contribution >= 0.6 is 0 Å². The fraction of sp³-hybridized carbons (Fsp3) is 0.429. The molecule has 2 aromatic rings. The molecule has 0 radical (unpaired) electrons. The molecule has 1 aliphatic rings. The minimum Gasteiger partial charge on any atom is -0.340 e. The van der Waals surface area contributed by atoms with Crippen molar-refractivity contribution in [3.8, 4) is 0 Å². The van der Waals surface area contributed by atoms with Crippen LogP contribution in [0.2, 0.25) is 0 Å². The van der Waals surface area contributed by atoms with Crippen molar-refractivity contribution in [2.24, 2.45) is 5.92 Å². The molecular formula is C21H27N5O2. The third-order valence-corrected chi connectivity index (χ3v) is 4.93. The van der Waals surface area contributed by atoms with E-state index >= 15 is 0 Å². The van der Waals surface area contributed by atoms with Crippen molar-refractivity contribution in [3.63, 3.8) is 0 Å².